The molecule has 466 valence electrons. The Labute approximate surface area is 492 Å². The fourth-order valence-electron chi connectivity index (χ4n) is 10.3. The molecule has 3 saturated heterocycles. The van der Waals surface area contributed by atoms with E-state index in [1.165, 1.54) is 37.5 Å². The van der Waals surface area contributed by atoms with Crippen LogP contribution in [0, 0.1) is 5.92 Å². The van der Waals surface area contributed by atoms with E-state index >= 15 is 0 Å². The highest BCUT2D eigenvalue weighted by Gasteiger charge is 2.51. The molecule has 0 aromatic heterocycles. The lowest BCUT2D eigenvalue weighted by Crippen LogP contribution is -2.64. The van der Waals surface area contributed by atoms with Crippen molar-refractivity contribution in [2.24, 2.45) is 11.7 Å². The second-order valence-electron chi connectivity index (χ2n) is 21.4. The molecular weight excluding hydrogens is 1140 g/mol. The summed E-state index contributed by atoms with van der Waals surface area (Å²) in [6.07, 6.45) is -12.9. The Bertz CT molecular complexity index is 2820. The number of aryl methyl sites for hydroxylation is 1. The number of carbonyl (C=O) groups is 8. The number of fused-ring (bicyclic) bond motifs is 2. The van der Waals surface area contributed by atoms with Crippen LogP contribution in [0.1, 0.15) is 99.7 Å². The average Bonchev–Trinajstić information content (AvgIpc) is 2.67. The van der Waals surface area contributed by atoms with Gasteiger partial charge in [-0.05, 0) is 66.3 Å². The zero-order chi connectivity index (χ0) is 62.4. The van der Waals surface area contributed by atoms with Gasteiger partial charge in [-0.1, -0.05) is 91.4 Å². The van der Waals surface area contributed by atoms with E-state index < -0.39 is 182 Å². The number of aromatic hydroxyl groups is 1. The molecule has 3 heterocycles. The van der Waals surface area contributed by atoms with Crippen molar-refractivity contribution in [1.29, 1.82) is 0 Å². The maximum absolute atomic E-state index is 14.7. The Kier molecular flexibility index (Phi) is 24.3. The van der Waals surface area contributed by atoms with Crippen molar-refractivity contribution in [3.8, 4) is 22.6 Å². The van der Waals surface area contributed by atoms with Crippen LogP contribution >= 0.6 is 12.3 Å². The lowest BCUT2D eigenvalue weighted by Gasteiger charge is -2.34. The number of nitrogens with one attached hydrogen (secondary N) is 5. The Morgan fingerprint density at radius 3 is 2.01 bits per heavy atom. The molecule has 3 fully saturated rings. The van der Waals surface area contributed by atoms with E-state index in [-0.39, 0.29) is 23.5 Å². The highest BCUT2D eigenvalue weighted by atomic mass is 32.2. The highest BCUT2D eigenvalue weighted by molar-refractivity contribution is 7.90. The quantitative estimate of drug-likeness (QED) is 0.0242. The number of aliphatic hydroxyl groups is 8. The minimum absolute atomic E-state index is 0.00733. The average molecular weight is 1220 g/mol. The number of primary amides is 1. The van der Waals surface area contributed by atoms with Gasteiger partial charge in [0.05, 0.1) is 30.8 Å². The molecule has 8 amide bonds. The van der Waals surface area contributed by atoms with E-state index in [4.69, 9.17) is 15.2 Å². The van der Waals surface area contributed by atoms with Crippen molar-refractivity contribution in [2.45, 2.75) is 164 Å². The van der Waals surface area contributed by atoms with Crippen LogP contribution in [0.5, 0.6) is 11.5 Å². The first-order chi connectivity index (χ1) is 40.3. The molecule has 0 spiro atoms. The molecule has 0 aliphatic carbocycles. The van der Waals surface area contributed by atoms with E-state index in [1.54, 1.807) is 12.1 Å². The summed E-state index contributed by atoms with van der Waals surface area (Å²) in [5, 5.41) is 124. The third-order valence-corrected chi connectivity index (χ3v) is 15.4. The topological polar surface area (TPSA) is 459 Å². The molecule has 3 aliphatic heterocycles. The van der Waals surface area contributed by atoms with Crippen LogP contribution in [0.4, 0.5) is 0 Å². The molecule has 17 N–H and O–H groups in total. The van der Waals surface area contributed by atoms with Crippen molar-refractivity contribution in [3.05, 3.63) is 83.4 Å². The van der Waals surface area contributed by atoms with Crippen molar-refractivity contribution >= 4 is 59.6 Å². The van der Waals surface area contributed by atoms with Gasteiger partial charge in [0.2, 0.25) is 41.4 Å². The first kappa shape index (κ1) is 67.1. The van der Waals surface area contributed by atoms with E-state index in [1.807, 2.05) is 24.3 Å². The number of phenolic OH excluding ortho intramolecular Hbond substituents is 1. The predicted molar refractivity (Wildman–Crippen MR) is 297 cm³/mol. The summed E-state index contributed by atoms with van der Waals surface area (Å²) in [7, 11) is 0. The molecule has 6 rings (SSSR count). The SMILES string of the molecule is CCCCCCCc1ccc(-c2ccc(C(=O)NC3CC(O)C(O)NC(=O)C4C(O)C(C)CN4C(=O)C(C(O)CC(N)=O)NC(=O)C(C(O)C(O)c4ccc(O)c(OSOOO)c4)NC(=O)C4CC(O)CN4C(=O)C(C(C)O)NC3=O)cc2)cc1. The minimum Gasteiger partial charge on any atom is -0.504 e. The smallest absolute Gasteiger partial charge is 0.261 e. The Morgan fingerprint density at radius 1 is 0.753 bits per heavy atom. The van der Waals surface area contributed by atoms with Crippen LogP contribution in [0.25, 0.3) is 11.1 Å². The van der Waals surface area contributed by atoms with Crippen LogP contribution in [-0.2, 0) is 49.4 Å². The van der Waals surface area contributed by atoms with E-state index in [0.29, 0.717) is 9.80 Å². The molecule has 3 aromatic rings. The van der Waals surface area contributed by atoms with Gasteiger partial charge in [0.15, 0.2) is 17.7 Å². The molecule has 30 heteroatoms. The van der Waals surface area contributed by atoms with Crippen molar-refractivity contribution in [3.63, 3.8) is 0 Å². The van der Waals surface area contributed by atoms with E-state index in [2.05, 4.69) is 42.9 Å². The van der Waals surface area contributed by atoms with Crippen molar-refractivity contribution < 1.29 is 103 Å². The van der Waals surface area contributed by atoms with Crippen LogP contribution in [-0.4, -0.2) is 200 Å². The summed E-state index contributed by atoms with van der Waals surface area (Å²) in [5.41, 5.74) is 7.74. The summed E-state index contributed by atoms with van der Waals surface area (Å²) < 4.78 is 9.18. The van der Waals surface area contributed by atoms with Crippen LogP contribution < -0.4 is 36.5 Å². The Morgan fingerprint density at radius 2 is 1.38 bits per heavy atom. The number of benzene rings is 3. The summed E-state index contributed by atoms with van der Waals surface area (Å²) in [6, 6.07) is 4.32. The van der Waals surface area contributed by atoms with Crippen LogP contribution in [0.3, 0.4) is 0 Å². The normalized spacial score (nSPS) is 27.0. The summed E-state index contributed by atoms with van der Waals surface area (Å²) in [5.74, 6) is -12.5. The number of nitrogens with two attached hydrogens (primary N) is 1. The van der Waals surface area contributed by atoms with Gasteiger partial charge in [-0.3, -0.25) is 38.4 Å². The zero-order valence-corrected chi connectivity index (χ0v) is 47.4. The number of hydrogen-bond donors (Lipinski definition) is 16. The van der Waals surface area contributed by atoms with E-state index in [9.17, 15) is 84.3 Å². The van der Waals surface area contributed by atoms with Gasteiger partial charge >= 0.3 is 0 Å². The molecule has 0 bridgehead atoms. The Balaban J connectivity index is 1.37. The summed E-state index contributed by atoms with van der Waals surface area (Å²) >= 11 is -0.0305. The van der Waals surface area contributed by atoms with Gasteiger partial charge in [-0.25, -0.2) is 5.26 Å². The number of aliphatic hydroxyl groups excluding tert-OH is 8. The number of phenols is 1. The number of nitrogens with zero attached hydrogens (tertiary/aromatic N) is 2. The first-order valence-electron chi connectivity index (χ1n) is 27.5. The lowest BCUT2D eigenvalue weighted by molar-refractivity contribution is -0.433. The zero-order valence-electron chi connectivity index (χ0n) is 46.6. The van der Waals surface area contributed by atoms with Gasteiger partial charge in [0.25, 0.3) is 18.2 Å². The maximum Gasteiger partial charge on any atom is 0.261 e. The molecule has 0 radical (unpaired) electrons. The van der Waals surface area contributed by atoms with Crippen LogP contribution in [0.2, 0.25) is 0 Å². The van der Waals surface area contributed by atoms with Crippen molar-refractivity contribution in [2.75, 3.05) is 13.1 Å². The largest absolute Gasteiger partial charge is 0.504 e. The lowest BCUT2D eigenvalue weighted by atomic mass is 9.96. The van der Waals surface area contributed by atoms with Crippen LogP contribution in [0.15, 0.2) is 66.7 Å². The minimum atomic E-state index is -2.55. The first-order valence-corrected chi connectivity index (χ1v) is 28.2. The molecule has 3 aliphatic rings. The number of carbonyl (C=O) groups excluding carboxylic acids is 8. The summed E-state index contributed by atoms with van der Waals surface area (Å²) in [6.45, 7) is 3.41. The second-order valence-corrected chi connectivity index (χ2v) is 21.9. The number of unbranched alkanes of at least 4 members (excludes halogenated alkanes) is 4. The number of amides is 8. The molecule has 15 atom stereocenters. The molecule has 29 nitrogen and oxygen atoms in total. The van der Waals surface area contributed by atoms with Gasteiger partial charge in [0, 0.05) is 37.4 Å². The third-order valence-electron chi connectivity index (χ3n) is 15.1. The fraction of sp³-hybridized carbons (Fsp3) is 0.527. The van der Waals surface area contributed by atoms with Gasteiger partial charge < -0.3 is 92.3 Å². The monoisotopic (exact) mass is 1210 g/mol. The number of rotatable bonds is 20. The molecule has 3 aromatic carbocycles. The highest BCUT2D eigenvalue weighted by Crippen LogP contribution is 2.34. The Hall–Kier alpha value is -7.07. The summed E-state index contributed by atoms with van der Waals surface area (Å²) in [4.78, 5) is 115. The standard InChI is InChI=1S/C55H74N8O21S/c1-4-5-6-7-8-9-28-10-12-29(13-11-28)30-14-16-31(17-15-30)48(73)57-34-22-38(68)51(76)61-53(78)44-45(70)26(2)24-63(44)55(80)42(37(67)23-40(56)69)59-52(77)43(47(72)46(71)32-18-19-36(66)39(20-32)82-85-84-83-81)60-50(75)35-21-33(65)25-62(35)54(79)41(27(3)64)58-49(34)74/h10-20,26-27,33-35,37-38,41-47,51,64-68,70-72,76,81H,4-9,21-25H2,1-3H3,(H2,56,69)(H,57,73)(H,58,74)(H,59,77)(H,60,75)(H,61,78). The molecule has 15 unspecified atom stereocenters. The molecular formula is C55H74N8O21S. The predicted octanol–water partition coefficient (Wildman–Crippen LogP) is -2.43. The van der Waals surface area contributed by atoms with Gasteiger partial charge in [-0.15, -0.1) is 0 Å². The van der Waals surface area contributed by atoms with Gasteiger partial charge in [-0.2, -0.15) is 0 Å². The third kappa shape index (κ3) is 17.3. The molecule has 85 heavy (non-hydrogen) atoms. The second kappa shape index (κ2) is 30.8. The fourth-order valence-corrected chi connectivity index (χ4v) is 10.6. The van der Waals surface area contributed by atoms with Gasteiger partial charge in [0.1, 0.15) is 54.6 Å². The molecule has 0 saturated carbocycles. The van der Waals surface area contributed by atoms with E-state index in [0.717, 1.165) is 61.9 Å². The maximum atomic E-state index is 14.7. The number of hydrogen-bond acceptors (Lipinski definition) is 22. The van der Waals surface area contributed by atoms with Crippen molar-refractivity contribution in [1.82, 2.24) is 36.4 Å².